The van der Waals surface area contributed by atoms with Crippen molar-refractivity contribution in [1.82, 2.24) is 30.3 Å². The highest BCUT2D eigenvalue weighted by atomic mass is 32.1. The lowest BCUT2D eigenvalue weighted by molar-refractivity contribution is -0.131. The van der Waals surface area contributed by atoms with Crippen molar-refractivity contribution < 1.29 is 29.4 Å². The number of aromatic nitrogens is 1. The standard InChI is InChI=1S/C40H56N6O6S/c1-26-41-30(25-53-26)24-45-19-20-46(37(45)50)34(40(5,6)7)36(49)42-29(21-27-15-11-9-12-16-27)23-32(47)31(22-28-17-13-10-14-18-28)43-35(48)33(39(2,3)4)44(8)38(51)52/h9-18,25,29,31-34,47H,19-24H2,1-8H3,(H,42,49)(H,43,48)(H,51,52). The van der Waals surface area contributed by atoms with Crippen molar-refractivity contribution in [1.29, 1.82) is 0 Å². The van der Waals surface area contributed by atoms with Gasteiger partial charge in [-0.15, -0.1) is 11.3 Å². The lowest BCUT2D eigenvalue weighted by Crippen LogP contribution is -2.59. The average molecular weight is 749 g/mol. The summed E-state index contributed by atoms with van der Waals surface area (Å²) in [6.45, 7) is 14.3. The fourth-order valence-corrected chi connectivity index (χ4v) is 7.77. The molecule has 2 heterocycles. The van der Waals surface area contributed by atoms with Gasteiger partial charge < -0.3 is 30.6 Å². The number of carbonyl (C=O) groups excluding carboxylic acids is 3. The Hall–Kier alpha value is -4.49. The largest absolute Gasteiger partial charge is 0.465 e. The molecule has 4 rings (SSSR count). The van der Waals surface area contributed by atoms with Gasteiger partial charge >= 0.3 is 12.1 Å². The monoisotopic (exact) mass is 748 g/mol. The van der Waals surface area contributed by atoms with Crippen LogP contribution in [0.15, 0.2) is 66.0 Å². The Kier molecular flexibility index (Phi) is 13.7. The number of aliphatic hydroxyl groups excluding tert-OH is 1. The van der Waals surface area contributed by atoms with Gasteiger partial charge in [-0.1, -0.05) is 102 Å². The molecule has 0 spiro atoms. The molecule has 2 aromatic carbocycles. The van der Waals surface area contributed by atoms with Crippen molar-refractivity contribution in [3.8, 4) is 0 Å². The minimum absolute atomic E-state index is 0.0769. The molecule has 4 N–H and O–H groups in total. The first kappa shape index (κ1) is 41.3. The zero-order chi connectivity index (χ0) is 39.1. The molecule has 288 valence electrons. The highest BCUT2D eigenvalue weighted by Gasteiger charge is 2.44. The maximum absolute atomic E-state index is 14.4. The van der Waals surface area contributed by atoms with Gasteiger partial charge in [0.15, 0.2) is 0 Å². The van der Waals surface area contributed by atoms with Gasteiger partial charge in [-0.05, 0) is 48.1 Å². The van der Waals surface area contributed by atoms with Crippen LogP contribution >= 0.6 is 11.3 Å². The van der Waals surface area contributed by atoms with E-state index in [2.05, 4.69) is 15.6 Å². The molecule has 1 saturated heterocycles. The number of carbonyl (C=O) groups is 4. The van der Waals surface area contributed by atoms with E-state index in [-0.39, 0.29) is 24.8 Å². The predicted octanol–water partition coefficient (Wildman–Crippen LogP) is 5.33. The number of amides is 5. The molecule has 1 fully saturated rings. The van der Waals surface area contributed by atoms with Crippen molar-refractivity contribution in [2.75, 3.05) is 20.1 Å². The number of rotatable bonds is 15. The van der Waals surface area contributed by atoms with Crippen LogP contribution in [0.4, 0.5) is 9.59 Å². The molecule has 5 amide bonds. The molecule has 5 unspecified atom stereocenters. The van der Waals surface area contributed by atoms with Gasteiger partial charge in [0, 0.05) is 31.6 Å². The van der Waals surface area contributed by atoms with Crippen LogP contribution in [0.25, 0.3) is 0 Å². The third-order valence-corrected chi connectivity index (χ3v) is 10.4. The van der Waals surface area contributed by atoms with E-state index in [4.69, 9.17) is 0 Å². The van der Waals surface area contributed by atoms with Crippen LogP contribution in [-0.4, -0.2) is 104 Å². The number of carboxylic acid groups (broad SMARTS) is 1. The van der Waals surface area contributed by atoms with Gasteiger partial charge in [-0.2, -0.15) is 0 Å². The van der Waals surface area contributed by atoms with Crippen molar-refractivity contribution in [3.63, 3.8) is 0 Å². The van der Waals surface area contributed by atoms with Gasteiger partial charge in [-0.3, -0.25) is 14.5 Å². The van der Waals surface area contributed by atoms with Crippen molar-refractivity contribution in [2.24, 2.45) is 10.8 Å². The van der Waals surface area contributed by atoms with Gasteiger partial charge in [-0.25, -0.2) is 14.6 Å². The maximum Gasteiger partial charge on any atom is 0.407 e. The summed E-state index contributed by atoms with van der Waals surface area (Å²) in [5.74, 6) is -0.853. The summed E-state index contributed by atoms with van der Waals surface area (Å²) in [5.41, 5.74) is 1.27. The second kappa shape index (κ2) is 17.6. The third-order valence-electron chi connectivity index (χ3n) is 9.57. The zero-order valence-corrected chi connectivity index (χ0v) is 33.0. The van der Waals surface area contributed by atoms with Gasteiger partial charge in [0.1, 0.15) is 12.1 Å². The molecule has 0 bridgehead atoms. The number of nitrogens with one attached hydrogen (secondary N) is 2. The molecule has 13 heteroatoms. The fourth-order valence-electron chi connectivity index (χ4n) is 7.17. The number of nitrogens with zero attached hydrogens (tertiary/aromatic N) is 4. The van der Waals surface area contributed by atoms with Crippen molar-refractivity contribution >= 4 is 35.3 Å². The number of likely N-dealkylation sites (N-methyl/N-ethyl adjacent to an activating group) is 1. The molecule has 0 saturated carbocycles. The van der Waals surface area contributed by atoms with Crippen LogP contribution in [0.3, 0.4) is 0 Å². The second-order valence-electron chi connectivity index (χ2n) is 16.2. The predicted molar refractivity (Wildman–Crippen MR) is 206 cm³/mol. The first-order valence-electron chi connectivity index (χ1n) is 18.1. The lowest BCUT2D eigenvalue weighted by Gasteiger charge is -2.38. The second-order valence-corrected chi connectivity index (χ2v) is 17.3. The third kappa shape index (κ3) is 11.3. The minimum Gasteiger partial charge on any atom is -0.465 e. The smallest absolute Gasteiger partial charge is 0.407 e. The molecular weight excluding hydrogens is 693 g/mol. The number of urea groups is 1. The van der Waals surface area contributed by atoms with Gasteiger partial charge in [0.25, 0.3) is 0 Å². The van der Waals surface area contributed by atoms with Crippen LogP contribution in [0.1, 0.15) is 69.8 Å². The topological polar surface area (TPSA) is 155 Å². The highest BCUT2D eigenvalue weighted by Crippen LogP contribution is 2.30. The zero-order valence-electron chi connectivity index (χ0n) is 32.2. The molecule has 0 radical (unpaired) electrons. The number of hydrogen-bond donors (Lipinski definition) is 4. The Balaban J connectivity index is 1.60. The SMILES string of the molecule is Cc1nc(CN2CCN(C(C(=O)NC(Cc3ccccc3)CC(O)C(Cc3ccccc3)NC(=O)C(N(C)C(=O)O)C(C)(C)C)C(C)(C)C)C2=O)cs1. The summed E-state index contributed by atoms with van der Waals surface area (Å²) in [7, 11) is 1.36. The van der Waals surface area contributed by atoms with E-state index in [9.17, 15) is 29.4 Å². The molecule has 1 aliphatic heterocycles. The van der Waals surface area contributed by atoms with Crippen LogP contribution in [0.2, 0.25) is 0 Å². The summed E-state index contributed by atoms with van der Waals surface area (Å²) in [6, 6.07) is 15.6. The molecule has 5 atom stereocenters. The lowest BCUT2D eigenvalue weighted by atomic mass is 9.84. The fraction of sp³-hybridized carbons (Fsp3) is 0.525. The van der Waals surface area contributed by atoms with Gasteiger partial charge in [0.05, 0.1) is 29.4 Å². The summed E-state index contributed by atoms with van der Waals surface area (Å²) < 4.78 is 0. The molecule has 0 aliphatic carbocycles. The van der Waals surface area contributed by atoms with E-state index < -0.39 is 53.1 Å². The average Bonchev–Trinajstić information content (AvgIpc) is 3.64. The van der Waals surface area contributed by atoms with Crippen LogP contribution in [0.5, 0.6) is 0 Å². The molecule has 12 nitrogen and oxygen atoms in total. The molecular formula is C40H56N6O6S. The summed E-state index contributed by atoms with van der Waals surface area (Å²) in [5, 5.41) is 30.8. The number of aliphatic hydroxyl groups is 1. The number of benzene rings is 2. The summed E-state index contributed by atoms with van der Waals surface area (Å²) in [6.07, 6.45) is -1.64. The van der Waals surface area contributed by atoms with E-state index in [1.54, 1.807) is 30.6 Å². The van der Waals surface area contributed by atoms with Gasteiger partial charge in [0.2, 0.25) is 11.8 Å². The molecule has 1 aliphatic rings. The molecule has 53 heavy (non-hydrogen) atoms. The Bertz CT molecular complexity index is 1690. The van der Waals surface area contributed by atoms with Crippen molar-refractivity contribution in [3.05, 3.63) is 87.9 Å². The van der Waals surface area contributed by atoms with Crippen LogP contribution in [0, 0.1) is 17.8 Å². The Morgan fingerprint density at radius 1 is 0.887 bits per heavy atom. The minimum atomic E-state index is -1.24. The Morgan fingerprint density at radius 3 is 1.98 bits per heavy atom. The molecule has 1 aromatic heterocycles. The van der Waals surface area contributed by atoms with E-state index in [0.717, 1.165) is 26.7 Å². The van der Waals surface area contributed by atoms with E-state index in [1.807, 2.05) is 93.7 Å². The van der Waals surface area contributed by atoms with Crippen molar-refractivity contribution in [2.45, 2.75) is 105 Å². The highest BCUT2D eigenvalue weighted by molar-refractivity contribution is 7.09. The Morgan fingerprint density at radius 2 is 1.47 bits per heavy atom. The normalized spacial score (nSPS) is 16.4. The maximum atomic E-state index is 14.4. The van der Waals surface area contributed by atoms with Crippen LogP contribution < -0.4 is 10.6 Å². The van der Waals surface area contributed by atoms with Crippen LogP contribution in [-0.2, 0) is 29.0 Å². The first-order valence-corrected chi connectivity index (χ1v) is 19.0. The van der Waals surface area contributed by atoms with E-state index in [1.165, 1.54) is 18.4 Å². The number of aryl methyl sites for hydroxylation is 1. The summed E-state index contributed by atoms with van der Waals surface area (Å²) in [4.78, 5) is 62.9. The first-order chi connectivity index (χ1) is 24.8. The quantitative estimate of drug-likeness (QED) is 0.164. The molecule has 3 aromatic rings. The Labute approximate surface area is 317 Å². The number of hydrogen-bond acceptors (Lipinski definition) is 7. The van der Waals surface area contributed by atoms with E-state index in [0.29, 0.717) is 26.1 Å². The number of thiazole rings is 1. The van der Waals surface area contributed by atoms with E-state index >= 15 is 0 Å². The summed E-state index contributed by atoms with van der Waals surface area (Å²) >= 11 is 1.53.